The van der Waals surface area contributed by atoms with Crippen LogP contribution in [-0.2, 0) is 6.18 Å². The first-order valence-electron chi connectivity index (χ1n) is 3.82. The van der Waals surface area contributed by atoms with Crippen LogP contribution in [0.15, 0.2) is 12.3 Å². The summed E-state index contributed by atoms with van der Waals surface area (Å²) in [6.07, 6.45) is -8.19. The molecular formula is C8H4F5NO2. The first kappa shape index (κ1) is 12.3. The summed E-state index contributed by atoms with van der Waals surface area (Å²) in [6.45, 7) is 0. The zero-order valence-electron chi connectivity index (χ0n) is 7.42. The third kappa shape index (κ3) is 2.44. The van der Waals surface area contributed by atoms with Crippen LogP contribution in [0.3, 0.4) is 0 Å². The number of carbonyl (C=O) groups is 1. The van der Waals surface area contributed by atoms with E-state index in [-0.39, 0.29) is 12.3 Å². The van der Waals surface area contributed by atoms with E-state index >= 15 is 0 Å². The smallest absolute Gasteiger partial charge is 0.417 e. The summed E-state index contributed by atoms with van der Waals surface area (Å²) in [6, 6.07) is 0.0871. The molecule has 0 radical (unpaired) electrons. The molecule has 8 heteroatoms. The number of aromatic carboxylic acids is 1. The van der Waals surface area contributed by atoms with Crippen molar-refractivity contribution in [3.8, 4) is 0 Å². The molecule has 0 atom stereocenters. The van der Waals surface area contributed by atoms with Crippen molar-refractivity contribution in [2.75, 3.05) is 0 Å². The molecule has 1 aromatic heterocycles. The highest BCUT2D eigenvalue weighted by Gasteiger charge is 2.36. The molecule has 0 bridgehead atoms. The van der Waals surface area contributed by atoms with Crippen LogP contribution in [0.5, 0.6) is 0 Å². The highest BCUT2D eigenvalue weighted by Crippen LogP contribution is 2.36. The Hall–Kier alpha value is -1.73. The lowest BCUT2D eigenvalue weighted by Gasteiger charge is -2.12. The second-order valence-electron chi connectivity index (χ2n) is 2.76. The number of aromatic nitrogens is 1. The van der Waals surface area contributed by atoms with E-state index in [9.17, 15) is 26.7 Å². The second-order valence-corrected chi connectivity index (χ2v) is 2.76. The van der Waals surface area contributed by atoms with Gasteiger partial charge in [-0.25, -0.2) is 18.6 Å². The minimum absolute atomic E-state index is 0.0871. The molecule has 1 aromatic rings. The molecule has 0 saturated heterocycles. The standard InChI is InChI=1S/C8H4F5NO2/c9-6(10)3-2-14-5(7(15)16)1-4(3)8(11,12)13/h1-2,6H,(H,15,16). The SMILES string of the molecule is O=C(O)c1cc(C(F)(F)F)c(C(F)F)cn1. The maximum atomic E-state index is 12.3. The normalized spacial score (nSPS) is 11.9. The van der Waals surface area contributed by atoms with Crippen LogP contribution in [0.4, 0.5) is 22.0 Å². The van der Waals surface area contributed by atoms with Gasteiger partial charge in [0.25, 0.3) is 6.43 Å². The van der Waals surface area contributed by atoms with E-state index in [4.69, 9.17) is 5.11 Å². The zero-order chi connectivity index (χ0) is 12.5. The summed E-state index contributed by atoms with van der Waals surface area (Å²) < 4.78 is 61.3. The predicted molar refractivity (Wildman–Crippen MR) is 41.2 cm³/mol. The minimum Gasteiger partial charge on any atom is -0.477 e. The maximum Gasteiger partial charge on any atom is 0.417 e. The van der Waals surface area contributed by atoms with Crippen molar-refractivity contribution >= 4 is 5.97 Å². The van der Waals surface area contributed by atoms with E-state index < -0.39 is 35.4 Å². The summed E-state index contributed by atoms with van der Waals surface area (Å²) in [4.78, 5) is 13.3. The third-order valence-corrected chi connectivity index (χ3v) is 1.69. The summed E-state index contributed by atoms with van der Waals surface area (Å²) in [5.74, 6) is -1.72. The predicted octanol–water partition coefficient (Wildman–Crippen LogP) is 2.74. The van der Waals surface area contributed by atoms with Crippen LogP contribution in [0.2, 0.25) is 0 Å². The number of hydrogen-bond donors (Lipinski definition) is 1. The molecule has 0 amide bonds. The molecule has 0 aromatic carbocycles. The van der Waals surface area contributed by atoms with Gasteiger partial charge in [0.2, 0.25) is 0 Å². The average molecular weight is 241 g/mol. The van der Waals surface area contributed by atoms with Crippen molar-refractivity contribution in [3.05, 3.63) is 29.1 Å². The van der Waals surface area contributed by atoms with E-state index in [0.29, 0.717) is 0 Å². The van der Waals surface area contributed by atoms with Crippen LogP contribution in [0, 0.1) is 0 Å². The number of hydrogen-bond acceptors (Lipinski definition) is 2. The number of pyridine rings is 1. The number of rotatable bonds is 2. The molecule has 0 aliphatic carbocycles. The fourth-order valence-electron chi connectivity index (χ4n) is 1.00. The molecule has 1 N–H and O–H groups in total. The number of alkyl halides is 5. The van der Waals surface area contributed by atoms with E-state index in [1.165, 1.54) is 0 Å². The Morgan fingerprint density at radius 2 is 1.94 bits per heavy atom. The van der Waals surface area contributed by atoms with Gasteiger partial charge in [-0.2, -0.15) is 13.2 Å². The van der Waals surface area contributed by atoms with Gasteiger partial charge in [-0.05, 0) is 6.07 Å². The van der Waals surface area contributed by atoms with Crippen molar-refractivity contribution in [2.45, 2.75) is 12.6 Å². The van der Waals surface area contributed by atoms with E-state index in [2.05, 4.69) is 4.98 Å². The highest BCUT2D eigenvalue weighted by molar-refractivity contribution is 5.85. The van der Waals surface area contributed by atoms with Gasteiger partial charge in [-0.15, -0.1) is 0 Å². The summed E-state index contributed by atoms with van der Waals surface area (Å²) in [5.41, 5.74) is -3.95. The van der Waals surface area contributed by atoms with Crippen LogP contribution < -0.4 is 0 Å². The van der Waals surface area contributed by atoms with Gasteiger partial charge in [-0.1, -0.05) is 0 Å². The molecule has 1 heterocycles. The number of halogens is 5. The van der Waals surface area contributed by atoms with Crippen LogP contribution in [0.1, 0.15) is 28.0 Å². The molecule has 16 heavy (non-hydrogen) atoms. The molecule has 0 unspecified atom stereocenters. The number of nitrogens with zero attached hydrogens (tertiary/aromatic N) is 1. The van der Waals surface area contributed by atoms with Crippen LogP contribution in [-0.4, -0.2) is 16.1 Å². The number of carboxylic acids is 1. The van der Waals surface area contributed by atoms with Crippen molar-refractivity contribution < 1.29 is 31.9 Å². The maximum absolute atomic E-state index is 12.3. The lowest BCUT2D eigenvalue weighted by atomic mass is 10.1. The Morgan fingerprint density at radius 3 is 2.31 bits per heavy atom. The fraction of sp³-hybridized carbons (Fsp3) is 0.250. The molecule has 0 aliphatic heterocycles. The molecular weight excluding hydrogens is 237 g/mol. The quantitative estimate of drug-likeness (QED) is 0.810. The summed E-state index contributed by atoms with van der Waals surface area (Å²) in [7, 11) is 0. The Bertz CT molecular complexity index is 415. The second kappa shape index (κ2) is 4.03. The first-order chi connectivity index (χ1) is 7.23. The molecule has 1 rings (SSSR count). The average Bonchev–Trinajstić information content (AvgIpc) is 2.15. The molecule has 0 fully saturated rings. The Kier molecular flexibility index (Phi) is 3.11. The van der Waals surface area contributed by atoms with Crippen molar-refractivity contribution in [3.63, 3.8) is 0 Å². The lowest BCUT2D eigenvalue weighted by molar-refractivity contribution is -0.139. The summed E-state index contributed by atoms with van der Waals surface area (Å²) in [5, 5.41) is 8.39. The first-order valence-corrected chi connectivity index (χ1v) is 3.82. The Labute approximate surface area is 85.5 Å². The molecule has 0 spiro atoms. The zero-order valence-corrected chi connectivity index (χ0v) is 7.42. The van der Waals surface area contributed by atoms with E-state index in [1.54, 1.807) is 0 Å². The van der Waals surface area contributed by atoms with Gasteiger partial charge < -0.3 is 5.11 Å². The van der Waals surface area contributed by atoms with Crippen molar-refractivity contribution in [1.29, 1.82) is 0 Å². The van der Waals surface area contributed by atoms with Crippen LogP contribution >= 0.6 is 0 Å². The highest BCUT2D eigenvalue weighted by atomic mass is 19.4. The van der Waals surface area contributed by atoms with Gasteiger partial charge in [0.05, 0.1) is 5.56 Å². The van der Waals surface area contributed by atoms with Gasteiger partial charge in [0, 0.05) is 11.8 Å². The molecule has 3 nitrogen and oxygen atoms in total. The van der Waals surface area contributed by atoms with Gasteiger partial charge in [0.15, 0.2) is 0 Å². The third-order valence-electron chi connectivity index (χ3n) is 1.69. The summed E-state index contributed by atoms with van der Waals surface area (Å²) >= 11 is 0. The lowest BCUT2D eigenvalue weighted by Crippen LogP contribution is -2.13. The monoisotopic (exact) mass is 241 g/mol. The van der Waals surface area contributed by atoms with Crippen LogP contribution in [0.25, 0.3) is 0 Å². The molecule has 88 valence electrons. The minimum atomic E-state index is -5.04. The van der Waals surface area contributed by atoms with Gasteiger partial charge in [0.1, 0.15) is 5.69 Å². The Balaban J connectivity index is 3.39. The molecule has 0 aliphatic rings. The number of carboxylic acid groups (broad SMARTS) is 1. The van der Waals surface area contributed by atoms with Crippen molar-refractivity contribution in [2.24, 2.45) is 0 Å². The fourth-order valence-corrected chi connectivity index (χ4v) is 1.00. The van der Waals surface area contributed by atoms with Gasteiger partial charge in [-0.3, -0.25) is 0 Å². The van der Waals surface area contributed by atoms with E-state index in [1.807, 2.05) is 0 Å². The molecule has 0 saturated carbocycles. The largest absolute Gasteiger partial charge is 0.477 e. The van der Waals surface area contributed by atoms with Crippen molar-refractivity contribution in [1.82, 2.24) is 4.98 Å². The van der Waals surface area contributed by atoms with E-state index in [0.717, 1.165) is 0 Å². The Morgan fingerprint density at radius 1 is 1.38 bits per heavy atom. The topological polar surface area (TPSA) is 50.2 Å². The van der Waals surface area contributed by atoms with Gasteiger partial charge >= 0.3 is 12.1 Å².